The monoisotopic (exact) mass is 719 g/mol. The van der Waals surface area contributed by atoms with Crippen molar-refractivity contribution < 1.29 is 8.83 Å². The van der Waals surface area contributed by atoms with E-state index in [1.165, 1.54) is 0 Å². The molecule has 0 bridgehead atoms. The Hall–Kier alpha value is -7.77. The molecule has 0 radical (unpaired) electrons. The molecule has 11 aromatic rings. The number of rotatable bonds is 6. The Morgan fingerprint density at radius 3 is 1.55 bits per heavy atom. The first-order valence-corrected chi connectivity index (χ1v) is 18.4. The molecule has 0 atom stereocenters. The van der Waals surface area contributed by atoms with Gasteiger partial charge < -0.3 is 8.83 Å². The third-order valence-electron chi connectivity index (χ3n) is 10.2. The molecule has 0 saturated carbocycles. The molecule has 0 aliphatic heterocycles. The number of hydrogen-bond donors (Lipinski definition) is 0. The maximum absolute atomic E-state index is 6.53. The number of aromatic nitrogens is 5. The van der Waals surface area contributed by atoms with Gasteiger partial charge in [0.15, 0.2) is 28.9 Å². The third-order valence-corrected chi connectivity index (χ3v) is 10.2. The van der Waals surface area contributed by atoms with Crippen molar-refractivity contribution >= 4 is 44.0 Å². The topological polar surface area (TPSA) is 90.7 Å². The molecule has 4 heterocycles. The second-order valence-corrected chi connectivity index (χ2v) is 13.6. The summed E-state index contributed by atoms with van der Waals surface area (Å²) in [4.78, 5) is 24.9. The van der Waals surface area contributed by atoms with Crippen LogP contribution in [0.25, 0.3) is 112 Å². The Morgan fingerprint density at radius 1 is 0.321 bits per heavy atom. The Bertz CT molecular complexity index is 3170. The lowest BCUT2D eigenvalue weighted by molar-refractivity contribution is 0.667. The summed E-state index contributed by atoms with van der Waals surface area (Å²) < 4.78 is 12.9. The standard InChI is InChI=1S/C49H29N5O2/c1-4-13-32(14-5-1)46-50-43(45-44(51-46)37-19-10-11-21-39(37)56-45)31-25-23-30(24-26-31)35-27-28-36-41(29-35)55-40-22-12-20-38(42(36)40)49-53-47(33-15-6-2-7-16-33)52-48(54-49)34-17-8-3-9-18-34/h1-29H. The van der Waals surface area contributed by atoms with Gasteiger partial charge in [-0.05, 0) is 41.5 Å². The maximum Gasteiger partial charge on any atom is 0.180 e. The molecule has 0 fully saturated rings. The predicted molar refractivity (Wildman–Crippen MR) is 223 cm³/mol. The molecule has 0 aliphatic carbocycles. The van der Waals surface area contributed by atoms with Crippen LogP contribution < -0.4 is 0 Å². The molecule has 0 saturated heterocycles. The lowest BCUT2D eigenvalue weighted by atomic mass is 10.00. The Balaban J connectivity index is 0.999. The normalized spacial score (nSPS) is 11.6. The van der Waals surface area contributed by atoms with Crippen LogP contribution in [0, 0.1) is 0 Å². The zero-order valence-electron chi connectivity index (χ0n) is 29.8. The molecular weight excluding hydrogens is 691 g/mol. The van der Waals surface area contributed by atoms with Crippen molar-refractivity contribution in [3.8, 4) is 67.9 Å². The fourth-order valence-electron chi connectivity index (χ4n) is 7.44. The van der Waals surface area contributed by atoms with Crippen LogP contribution in [0.1, 0.15) is 0 Å². The van der Waals surface area contributed by atoms with E-state index in [1.54, 1.807) is 0 Å². The van der Waals surface area contributed by atoms with E-state index in [4.69, 9.17) is 33.8 Å². The minimum Gasteiger partial charge on any atom is -0.456 e. The molecule has 0 aliphatic rings. The quantitative estimate of drug-likeness (QED) is 0.169. The van der Waals surface area contributed by atoms with Crippen molar-refractivity contribution in [3.63, 3.8) is 0 Å². The number of benzene rings is 7. The fourth-order valence-corrected chi connectivity index (χ4v) is 7.44. The van der Waals surface area contributed by atoms with E-state index in [0.29, 0.717) is 28.9 Å². The smallest absolute Gasteiger partial charge is 0.180 e. The second-order valence-electron chi connectivity index (χ2n) is 13.6. The zero-order chi connectivity index (χ0) is 37.0. The molecule has 7 aromatic carbocycles. The van der Waals surface area contributed by atoms with Crippen LogP contribution >= 0.6 is 0 Å². The lowest BCUT2D eigenvalue weighted by Gasteiger charge is -2.09. The second kappa shape index (κ2) is 13.0. The van der Waals surface area contributed by atoms with Gasteiger partial charge in [0, 0.05) is 44.0 Å². The van der Waals surface area contributed by atoms with Crippen LogP contribution in [0.2, 0.25) is 0 Å². The van der Waals surface area contributed by atoms with E-state index in [9.17, 15) is 0 Å². The van der Waals surface area contributed by atoms with E-state index < -0.39 is 0 Å². The highest BCUT2D eigenvalue weighted by molar-refractivity contribution is 6.12. The Kier molecular flexibility index (Phi) is 7.35. The van der Waals surface area contributed by atoms with E-state index in [-0.39, 0.29) is 0 Å². The summed E-state index contributed by atoms with van der Waals surface area (Å²) in [5.74, 6) is 2.47. The van der Waals surface area contributed by atoms with Crippen molar-refractivity contribution in [1.82, 2.24) is 24.9 Å². The Morgan fingerprint density at radius 2 is 0.875 bits per heavy atom. The van der Waals surface area contributed by atoms with Gasteiger partial charge in [-0.15, -0.1) is 0 Å². The van der Waals surface area contributed by atoms with Gasteiger partial charge in [-0.2, -0.15) is 0 Å². The number of nitrogens with zero attached hydrogens (tertiary/aromatic N) is 5. The summed E-state index contributed by atoms with van der Waals surface area (Å²) in [6, 6.07) is 58.9. The molecule has 56 heavy (non-hydrogen) atoms. The van der Waals surface area contributed by atoms with Crippen molar-refractivity contribution in [1.29, 1.82) is 0 Å². The number of furan rings is 2. The molecule has 0 amide bonds. The van der Waals surface area contributed by atoms with Gasteiger partial charge in [-0.1, -0.05) is 146 Å². The number of hydrogen-bond acceptors (Lipinski definition) is 7. The van der Waals surface area contributed by atoms with Crippen molar-refractivity contribution in [2.45, 2.75) is 0 Å². The van der Waals surface area contributed by atoms with Crippen molar-refractivity contribution in [3.05, 3.63) is 176 Å². The molecular formula is C49H29N5O2. The van der Waals surface area contributed by atoms with Gasteiger partial charge in [0.05, 0.1) is 0 Å². The average Bonchev–Trinajstić information content (AvgIpc) is 3.85. The minimum atomic E-state index is 0.587. The molecule has 0 spiro atoms. The van der Waals surface area contributed by atoms with E-state index >= 15 is 0 Å². The summed E-state index contributed by atoms with van der Waals surface area (Å²) in [6.45, 7) is 0. The highest BCUT2D eigenvalue weighted by atomic mass is 16.3. The molecule has 7 heteroatoms. The van der Waals surface area contributed by atoms with Crippen molar-refractivity contribution in [2.24, 2.45) is 0 Å². The van der Waals surface area contributed by atoms with Gasteiger partial charge in [0.2, 0.25) is 0 Å². The first-order chi connectivity index (χ1) is 27.7. The van der Waals surface area contributed by atoms with Crippen LogP contribution in [0.15, 0.2) is 185 Å². The van der Waals surface area contributed by atoms with Gasteiger partial charge in [0.25, 0.3) is 0 Å². The summed E-state index contributed by atoms with van der Waals surface area (Å²) in [7, 11) is 0. The molecule has 11 rings (SSSR count). The van der Waals surface area contributed by atoms with Gasteiger partial charge >= 0.3 is 0 Å². The van der Waals surface area contributed by atoms with E-state index in [0.717, 1.165) is 83.1 Å². The SMILES string of the molecule is c1ccc(-c2nc(-c3ccccc3)nc(-c3cccc4oc5cc(-c6ccc(-c7nc(-c8ccccc8)nc8c7oc7ccccc78)cc6)ccc5c34)n2)cc1. The summed E-state index contributed by atoms with van der Waals surface area (Å²) in [6.07, 6.45) is 0. The maximum atomic E-state index is 6.53. The molecule has 0 unspecified atom stereocenters. The summed E-state index contributed by atoms with van der Waals surface area (Å²) in [5.41, 5.74) is 11.2. The average molecular weight is 720 g/mol. The lowest BCUT2D eigenvalue weighted by Crippen LogP contribution is -2.00. The van der Waals surface area contributed by atoms with Gasteiger partial charge in [-0.25, -0.2) is 24.9 Å². The molecule has 0 N–H and O–H groups in total. The van der Waals surface area contributed by atoms with Gasteiger partial charge in [0.1, 0.15) is 28.0 Å². The summed E-state index contributed by atoms with van der Waals surface area (Å²) in [5, 5.41) is 2.91. The van der Waals surface area contributed by atoms with Crippen LogP contribution in [-0.2, 0) is 0 Å². The van der Waals surface area contributed by atoms with Crippen LogP contribution in [0.5, 0.6) is 0 Å². The molecule has 262 valence electrons. The van der Waals surface area contributed by atoms with Crippen LogP contribution in [0.4, 0.5) is 0 Å². The predicted octanol–water partition coefficient (Wildman–Crippen LogP) is 12.5. The third kappa shape index (κ3) is 5.41. The van der Waals surface area contributed by atoms with Crippen molar-refractivity contribution in [2.75, 3.05) is 0 Å². The van der Waals surface area contributed by atoms with Crippen LogP contribution in [-0.4, -0.2) is 24.9 Å². The number of fused-ring (bicyclic) bond motifs is 6. The Labute approximate surface area is 320 Å². The highest BCUT2D eigenvalue weighted by Gasteiger charge is 2.20. The largest absolute Gasteiger partial charge is 0.456 e. The van der Waals surface area contributed by atoms with E-state index in [2.05, 4.69) is 48.5 Å². The van der Waals surface area contributed by atoms with Crippen LogP contribution in [0.3, 0.4) is 0 Å². The molecule has 7 nitrogen and oxygen atoms in total. The van der Waals surface area contributed by atoms with Gasteiger partial charge in [-0.3, -0.25) is 0 Å². The first-order valence-electron chi connectivity index (χ1n) is 18.4. The summed E-state index contributed by atoms with van der Waals surface area (Å²) >= 11 is 0. The van der Waals surface area contributed by atoms with E-state index in [1.807, 2.05) is 127 Å². The molecule has 4 aromatic heterocycles. The zero-order valence-corrected chi connectivity index (χ0v) is 29.8. The fraction of sp³-hybridized carbons (Fsp3) is 0. The number of para-hydroxylation sites is 1. The highest BCUT2D eigenvalue weighted by Crippen LogP contribution is 2.40. The minimum absolute atomic E-state index is 0.587. The first kappa shape index (κ1) is 31.7.